The van der Waals surface area contributed by atoms with E-state index in [2.05, 4.69) is 26.8 Å². The lowest BCUT2D eigenvalue weighted by Crippen LogP contribution is -2.59. The lowest BCUT2D eigenvalue weighted by Gasteiger charge is -2.40. The molecule has 3 aromatic heterocycles. The maximum Gasteiger partial charge on any atom is 0.317 e. The summed E-state index contributed by atoms with van der Waals surface area (Å²) in [5.41, 5.74) is 7.78. The van der Waals surface area contributed by atoms with Crippen molar-refractivity contribution in [2.75, 3.05) is 20.3 Å². The van der Waals surface area contributed by atoms with E-state index in [-0.39, 0.29) is 37.8 Å². The van der Waals surface area contributed by atoms with Gasteiger partial charge >= 0.3 is 11.9 Å². The van der Waals surface area contributed by atoms with Crippen molar-refractivity contribution < 1.29 is 58.2 Å². The molecule has 3 aromatic rings. The highest BCUT2D eigenvalue weighted by molar-refractivity contribution is 6.15. The first-order valence-electron chi connectivity index (χ1n) is 18.5. The highest BCUT2D eigenvalue weighted by Crippen LogP contribution is 2.48. The van der Waals surface area contributed by atoms with Crippen LogP contribution in [-0.2, 0) is 52.6 Å². The number of nitrogens with one attached hydrogen (secondary N) is 4. The highest BCUT2D eigenvalue weighted by atomic mass is 16.7. The maximum absolute atomic E-state index is 14.4. The standard InChI is InChI=1S/C40H46N4O12/c1-7-19-15(2)23(43-38(19)51)12-22-16(3)20-8-9-26(46)55-14-25-34(47)36(49)37(50)40(56-25)54-11-10-21-17(4)24(13-45)42-32(21)30-18(5)27-33(44-30)28(31(20)41-22)29(35(27)48)39(52)53-6/h7,13,23,25,28-29,34,36-37,40-42,44,47,49-50H,1,8-12,14H2,2-6H3,(H,43,51)/t23?,25-,28-,29+,34-,36+,37-,40-/m1/s1. The van der Waals surface area contributed by atoms with Crippen molar-refractivity contribution in [1.29, 1.82) is 0 Å². The van der Waals surface area contributed by atoms with Crippen molar-refractivity contribution in [2.45, 2.75) is 96.0 Å². The van der Waals surface area contributed by atoms with Crippen LogP contribution in [0.3, 0.4) is 0 Å². The van der Waals surface area contributed by atoms with Gasteiger partial charge in [0.1, 0.15) is 36.9 Å². The summed E-state index contributed by atoms with van der Waals surface area (Å²) in [6.07, 6.45) is -4.83. The first kappa shape index (κ1) is 39.1. The van der Waals surface area contributed by atoms with Crippen LogP contribution in [-0.4, -0.2) is 117 Å². The summed E-state index contributed by atoms with van der Waals surface area (Å²) in [7, 11) is 1.21. The molecule has 1 saturated heterocycles. The number of aromatic amines is 3. The van der Waals surface area contributed by atoms with E-state index in [1.807, 2.05) is 13.8 Å². The summed E-state index contributed by atoms with van der Waals surface area (Å²) in [4.78, 5) is 76.3. The number of hydrogen-bond donors (Lipinski definition) is 7. The van der Waals surface area contributed by atoms with Gasteiger partial charge in [0.2, 0.25) is 0 Å². The number of cyclic esters (lactones) is 1. The number of ether oxygens (including phenoxy) is 4. The minimum atomic E-state index is -1.66. The fraction of sp³-hybridized carbons (Fsp3) is 0.475. The molecule has 7 rings (SSSR count). The van der Waals surface area contributed by atoms with Crippen LogP contribution in [0.4, 0.5) is 0 Å². The van der Waals surface area contributed by atoms with Gasteiger partial charge in [-0.1, -0.05) is 12.7 Å². The molecule has 56 heavy (non-hydrogen) atoms. The molecule has 16 nitrogen and oxygen atoms in total. The van der Waals surface area contributed by atoms with E-state index in [1.165, 1.54) is 13.2 Å². The lowest BCUT2D eigenvalue weighted by molar-refractivity contribution is -0.301. The summed E-state index contributed by atoms with van der Waals surface area (Å²) in [5.74, 6) is -4.29. The highest BCUT2D eigenvalue weighted by Gasteiger charge is 2.51. The normalized spacial score (nSPS) is 28.1. The van der Waals surface area contributed by atoms with Crippen LogP contribution in [0, 0.1) is 26.7 Å². The van der Waals surface area contributed by atoms with E-state index in [9.17, 15) is 39.3 Å². The summed E-state index contributed by atoms with van der Waals surface area (Å²) in [6, 6.07) is -0.376. The number of amides is 1. The first-order chi connectivity index (χ1) is 26.7. The van der Waals surface area contributed by atoms with Crippen molar-refractivity contribution in [1.82, 2.24) is 20.3 Å². The van der Waals surface area contributed by atoms with Gasteiger partial charge in [-0.3, -0.25) is 24.0 Å². The molecule has 4 bridgehead atoms. The Morgan fingerprint density at radius 1 is 0.911 bits per heavy atom. The molecule has 7 N–H and O–H groups in total. The second-order valence-electron chi connectivity index (χ2n) is 14.9. The van der Waals surface area contributed by atoms with Gasteiger partial charge in [-0.05, 0) is 73.9 Å². The number of H-pyrrole nitrogens is 3. The number of fused-ring (bicyclic) bond motifs is 7. The Bertz CT molecular complexity index is 2170. The first-order valence-corrected chi connectivity index (χ1v) is 18.5. The number of carbonyl (C=O) groups is 5. The van der Waals surface area contributed by atoms with Crippen LogP contribution in [0.5, 0.6) is 0 Å². The fourth-order valence-corrected chi connectivity index (χ4v) is 8.70. The molecule has 4 aliphatic rings. The zero-order valence-corrected chi connectivity index (χ0v) is 31.7. The van der Waals surface area contributed by atoms with Crippen molar-refractivity contribution in [2.24, 2.45) is 5.92 Å². The Hall–Kier alpha value is -5.13. The third kappa shape index (κ3) is 6.34. The Morgan fingerprint density at radius 2 is 1.66 bits per heavy atom. The number of aliphatic hydroxyl groups is 3. The number of carbonyl (C=O) groups excluding carboxylic acids is 5. The van der Waals surface area contributed by atoms with Gasteiger partial charge in [0.15, 0.2) is 18.4 Å². The van der Waals surface area contributed by atoms with Crippen LogP contribution >= 0.6 is 0 Å². The van der Waals surface area contributed by atoms with Gasteiger partial charge in [0.05, 0.1) is 42.8 Å². The molecule has 3 aliphatic heterocycles. The number of Topliss-reactive ketones (excluding diaryl/α,β-unsaturated/α-hetero) is 1. The Kier molecular flexibility index (Phi) is 10.5. The van der Waals surface area contributed by atoms with Crippen molar-refractivity contribution in [3.05, 3.63) is 80.0 Å². The molecule has 1 aliphatic carbocycles. The number of hydrogen-bond acceptors (Lipinski definition) is 12. The number of methoxy groups -OCH3 is 1. The van der Waals surface area contributed by atoms with Crippen LogP contribution in [0.15, 0.2) is 23.8 Å². The average molecular weight is 775 g/mol. The number of esters is 2. The van der Waals surface area contributed by atoms with Gasteiger partial charge in [-0.2, -0.15) is 0 Å². The molecule has 8 atom stereocenters. The van der Waals surface area contributed by atoms with Crippen molar-refractivity contribution in [3.8, 4) is 11.4 Å². The number of aldehydes is 1. The van der Waals surface area contributed by atoms with Gasteiger partial charge in [0, 0.05) is 41.1 Å². The van der Waals surface area contributed by atoms with Crippen LogP contribution in [0.1, 0.15) is 85.0 Å². The predicted octanol–water partition coefficient (Wildman–Crippen LogP) is 1.59. The zero-order chi connectivity index (χ0) is 40.3. The molecule has 0 saturated carbocycles. The summed E-state index contributed by atoms with van der Waals surface area (Å²) >= 11 is 0. The Morgan fingerprint density at radius 3 is 2.34 bits per heavy atom. The topological polar surface area (TPSA) is 242 Å². The van der Waals surface area contributed by atoms with Crippen LogP contribution in [0.2, 0.25) is 0 Å². The lowest BCUT2D eigenvalue weighted by atomic mass is 9.87. The fourth-order valence-electron chi connectivity index (χ4n) is 8.70. The third-order valence-electron chi connectivity index (χ3n) is 11.9. The smallest absolute Gasteiger partial charge is 0.317 e. The Labute approximate surface area is 321 Å². The van der Waals surface area contributed by atoms with E-state index >= 15 is 0 Å². The quantitative estimate of drug-likeness (QED) is 0.111. The van der Waals surface area contributed by atoms with E-state index in [0.29, 0.717) is 80.3 Å². The number of aromatic nitrogens is 3. The molecule has 0 aromatic carbocycles. The molecular weight excluding hydrogens is 728 g/mol. The molecule has 298 valence electrons. The second-order valence-corrected chi connectivity index (χ2v) is 14.9. The van der Waals surface area contributed by atoms with E-state index < -0.39 is 66.9 Å². The zero-order valence-electron chi connectivity index (χ0n) is 31.7. The summed E-state index contributed by atoms with van der Waals surface area (Å²) in [5, 5.41) is 35.0. The van der Waals surface area contributed by atoms with E-state index in [0.717, 1.165) is 11.1 Å². The van der Waals surface area contributed by atoms with E-state index in [1.54, 1.807) is 13.8 Å². The average Bonchev–Trinajstić information content (AvgIpc) is 3.93. The number of rotatable bonds is 5. The predicted molar refractivity (Wildman–Crippen MR) is 197 cm³/mol. The number of aliphatic hydroxyl groups excluding tert-OH is 3. The Balaban J connectivity index is 1.39. The molecule has 0 radical (unpaired) electrons. The van der Waals surface area contributed by atoms with Crippen LogP contribution in [0.25, 0.3) is 11.4 Å². The van der Waals surface area contributed by atoms with E-state index in [4.69, 9.17) is 18.9 Å². The molecule has 6 heterocycles. The summed E-state index contributed by atoms with van der Waals surface area (Å²) in [6.45, 7) is 10.5. The van der Waals surface area contributed by atoms with Gasteiger partial charge in [-0.25, -0.2) is 0 Å². The third-order valence-corrected chi connectivity index (χ3v) is 11.9. The second kappa shape index (κ2) is 15.1. The molecule has 16 heteroatoms. The van der Waals surface area contributed by atoms with Gasteiger partial charge < -0.3 is 54.5 Å². The van der Waals surface area contributed by atoms with Gasteiger partial charge in [-0.15, -0.1) is 0 Å². The summed E-state index contributed by atoms with van der Waals surface area (Å²) < 4.78 is 22.4. The van der Waals surface area contributed by atoms with Crippen LogP contribution < -0.4 is 5.32 Å². The molecule has 1 fully saturated rings. The molecule has 1 unspecified atom stereocenters. The largest absolute Gasteiger partial charge is 0.468 e. The number of ketones is 1. The maximum atomic E-state index is 14.4. The van der Waals surface area contributed by atoms with Crippen molar-refractivity contribution >= 4 is 29.9 Å². The molecule has 0 spiro atoms. The minimum Gasteiger partial charge on any atom is -0.468 e. The molecular formula is C40H46N4O12. The SMILES string of the molecule is C=CC1=C(C)C(Cc2[nH]c3c(c2C)CCC(=O)OC[C@H]2O[C@@H](OCCc4c([nH]c(C=O)c4C)-c4[nH]c5c(c4C)C(=O)[C@@H](C(=O)OC)[C@H]35)[C@H](O)[C@@H](O)[C@@H]2O)NC1=O. The minimum absolute atomic E-state index is 0.0647. The van der Waals surface area contributed by atoms with Gasteiger partial charge in [0.25, 0.3) is 5.91 Å². The van der Waals surface area contributed by atoms with Crippen molar-refractivity contribution in [3.63, 3.8) is 0 Å². The molecule has 1 amide bonds. The monoisotopic (exact) mass is 774 g/mol.